The number of benzene rings is 2. The minimum absolute atomic E-state index is 0.150. The van der Waals surface area contributed by atoms with E-state index in [2.05, 4.69) is 20.8 Å². The fraction of sp³-hybridized carbons (Fsp3) is 0.238. The maximum atomic E-state index is 12.7. The smallest absolute Gasteiger partial charge is 0.257 e. The van der Waals surface area contributed by atoms with Crippen molar-refractivity contribution in [3.8, 4) is 0 Å². The quantitative estimate of drug-likeness (QED) is 0.522. The zero-order valence-corrected chi connectivity index (χ0v) is 18.4. The van der Waals surface area contributed by atoms with Gasteiger partial charge in [0.25, 0.3) is 5.91 Å². The molecule has 7 nitrogen and oxygen atoms in total. The molecule has 156 valence electrons. The predicted octanol–water partition coefficient (Wildman–Crippen LogP) is 4.58. The number of nitrogens with one attached hydrogen (secondary N) is 2. The van der Waals surface area contributed by atoms with Gasteiger partial charge >= 0.3 is 0 Å². The Balaban J connectivity index is 1.64. The van der Waals surface area contributed by atoms with Gasteiger partial charge in [0.05, 0.1) is 17.0 Å². The van der Waals surface area contributed by atoms with E-state index in [0.717, 1.165) is 5.82 Å². The highest BCUT2D eigenvalue weighted by Crippen LogP contribution is 2.22. The molecule has 2 aromatic carbocycles. The Bertz CT molecular complexity index is 1050. The van der Waals surface area contributed by atoms with Crippen LogP contribution < -0.4 is 10.6 Å². The fourth-order valence-electron chi connectivity index (χ4n) is 2.79. The van der Waals surface area contributed by atoms with Crippen molar-refractivity contribution in [3.63, 3.8) is 0 Å². The van der Waals surface area contributed by atoms with Crippen molar-refractivity contribution in [1.82, 2.24) is 14.8 Å². The van der Waals surface area contributed by atoms with Gasteiger partial charge in [-0.05, 0) is 36.4 Å². The molecule has 0 atom stereocenters. The van der Waals surface area contributed by atoms with Crippen molar-refractivity contribution >= 4 is 46.6 Å². The van der Waals surface area contributed by atoms with Gasteiger partial charge in [0.1, 0.15) is 5.82 Å². The molecule has 2 N–H and O–H groups in total. The molecule has 0 saturated heterocycles. The molecule has 30 heavy (non-hydrogen) atoms. The van der Waals surface area contributed by atoms with Crippen molar-refractivity contribution in [3.05, 3.63) is 64.9 Å². The number of hydrogen-bond donors (Lipinski definition) is 2. The highest BCUT2D eigenvalue weighted by molar-refractivity contribution is 7.99. The number of anilines is 2. The lowest BCUT2D eigenvalue weighted by Crippen LogP contribution is -2.19. The summed E-state index contributed by atoms with van der Waals surface area (Å²) in [7, 11) is 1.88. The number of thioether (sulfide) groups is 1. The zero-order chi connectivity index (χ0) is 21.7. The maximum Gasteiger partial charge on any atom is 0.257 e. The van der Waals surface area contributed by atoms with Crippen LogP contribution in [0, 0.1) is 0 Å². The minimum Gasteiger partial charge on any atom is -0.325 e. The van der Waals surface area contributed by atoms with Crippen LogP contribution in [0.25, 0.3) is 0 Å². The maximum absolute atomic E-state index is 12.7. The summed E-state index contributed by atoms with van der Waals surface area (Å²) >= 11 is 7.17. The lowest BCUT2D eigenvalue weighted by molar-refractivity contribution is -0.113. The first kappa shape index (κ1) is 21.9. The Labute approximate surface area is 184 Å². The van der Waals surface area contributed by atoms with Gasteiger partial charge in [-0.2, -0.15) is 0 Å². The van der Waals surface area contributed by atoms with E-state index in [9.17, 15) is 9.59 Å². The van der Waals surface area contributed by atoms with Crippen LogP contribution in [-0.2, 0) is 11.8 Å². The van der Waals surface area contributed by atoms with Crippen LogP contribution in [0.3, 0.4) is 0 Å². The molecule has 3 rings (SSSR count). The number of rotatable bonds is 7. The van der Waals surface area contributed by atoms with Gasteiger partial charge in [0, 0.05) is 23.7 Å². The SMILES string of the molecule is CC(C)c1nnc(SCC(=O)Nc2ccccc2C(=O)Nc2ccc(Cl)cc2)n1C. The largest absolute Gasteiger partial charge is 0.325 e. The molecule has 1 heterocycles. The molecule has 0 unspecified atom stereocenters. The van der Waals surface area contributed by atoms with Crippen LogP contribution in [0.1, 0.15) is 35.9 Å². The summed E-state index contributed by atoms with van der Waals surface area (Å²) in [6.07, 6.45) is 0. The number of carbonyl (C=O) groups is 2. The van der Waals surface area contributed by atoms with Crippen LogP contribution in [0.15, 0.2) is 53.7 Å². The van der Waals surface area contributed by atoms with Crippen molar-refractivity contribution in [2.24, 2.45) is 7.05 Å². The molecule has 0 radical (unpaired) electrons. The Morgan fingerprint density at radius 3 is 2.43 bits per heavy atom. The summed E-state index contributed by atoms with van der Waals surface area (Å²) in [5.41, 5.74) is 1.42. The molecular weight excluding hydrogens is 422 g/mol. The molecule has 2 amide bonds. The molecule has 1 aromatic heterocycles. The van der Waals surface area contributed by atoms with Crippen molar-refractivity contribution in [2.45, 2.75) is 24.9 Å². The monoisotopic (exact) mass is 443 g/mol. The Morgan fingerprint density at radius 1 is 1.07 bits per heavy atom. The van der Waals surface area contributed by atoms with Gasteiger partial charge in [-0.15, -0.1) is 10.2 Å². The first-order valence-corrected chi connectivity index (χ1v) is 10.7. The van der Waals surface area contributed by atoms with Crippen molar-refractivity contribution in [1.29, 1.82) is 0 Å². The van der Waals surface area contributed by atoms with Crippen LogP contribution in [-0.4, -0.2) is 32.3 Å². The Kier molecular flexibility index (Phi) is 7.12. The molecule has 0 bridgehead atoms. The van der Waals surface area contributed by atoms with Gasteiger partial charge in [-0.1, -0.05) is 49.3 Å². The van der Waals surface area contributed by atoms with Gasteiger partial charge < -0.3 is 15.2 Å². The summed E-state index contributed by atoms with van der Waals surface area (Å²) in [6, 6.07) is 13.7. The summed E-state index contributed by atoms with van der Waals surface area (Å²) in [4.78, 5) is 25.1. The highest BCUT2D eigenvalue weighted by atomic mass is 35.5. The van der Waals surface area contributed by atoms with Gasteiger partial charge in [-0.3, -0.25) is 9.59 Å². The van der Waals surface area contributed by atoms with Crippen LogP contribution >= 0.6 is 23.4 Å². The molecule has 9 heteroatoms. The number of hydrogen-bond acceptors (Lipinski definition) is 5. The molecule has 0 aliphatic rings. The topological polar surface area (TPSA) is 88.9 Å². The Morgan fingerprint density at radius 2 is 1.77 bits per heavy atom. The molecule has 0 spiro atoms. The zero-order valence-electron chi connectivity index (χ0n) is 16.8. The lowest BCUT2D eigenvalue weighted by Gasteiger charge is -2.11. The van der Waals surface area contributed by atoms with Crippen molar-refractivity contribution in [2.75, 3.05) is 16.4 Å². The normalized spacial score (nSPS) is 10.8. The first-order valence-electron chi connectivity index (χ1n) is 9.33. The van der Waals surface area contributed by atoms with Crippen LogP contribution in [0.2, 0.25) is 5.02 Å². The van der Waals surface area contributed by atoms with Gasteiger partial charge in [0.2, 0.25) is 5.91 Å². The van der Waals surface area contributed by atoms with Crippen molar-refractivity contribution < 1.29 is 9.59 Å². The Hall–Kier alpha value is -2.84. The lowest BCUT2D eigenvalue weighted by atomic mass is 10.1. The number of aromatic nitrogens is 3. The second kappa shape index (κ2) is 9.77. The van der Waals surface area contributed by atoms with E-state index in [1.54, 1.807) is 48.5 Å². The average molecular weight is 444 g/mol. The molecule has 0 aliphatic heterocycles. The summed E-state index contributed by atoms with van der Waals surface area (Å²) in [5, 5.41) is 15.2. The standard InChI is InChI=1S/C21H22ClN5O2S/c1-13(2)19-25-26-21(27(19)3)30-12-18(28)24-17-7-5-4-6-16(17)20(29)23-15-10-8-14(22)9-11-15/h4-11,13H,12H2,1-3H3,(H,23,29)(H,24,28). The minimum atomic E-state index is -0.323. The van der Waals surface area contributed by atoms with E-state index >= 15 is 0 Å². The number of nitrogens with zero attached hydrogens (tertiary/aromatic N) is 3. The second-order valence-corrected chi connectivity index (χ2v) is 8.28. The third-order valence-corrected chi connectivity index (χ3v) is 5.54. The number of carbonyl (C=O) groups excluding carboxylic acids is 2. The van der Waals surface area contributed by atoms with E-state index in [0.29, 0.717) is 27.1 Å². The molecule has 0 saturated carbocycles. The fourth-order valence-corrected chi connectivity index (χ4v) is 3.64. The van der Waals surface area contributed by atoms with E-state index in [1.807, 2.05) is 25.5 Å². The van der Waals surface area contributed by atoms with E-state index in [1.165, 1.54) is 11.8 Å². The van der Waals surface area contributed by atoms with Gasteiger partial charge in [0.15, 0.2) is 5.16 Å². The number of amides is 2. The van der Waals surface area contributed by atoms with Gasteiger partial charge in [-0.25, -0.2) is 0 Å². The van der Waals surface area contributed by atoms with E-state index < -0.39 is 0 Å². The van der Waals surface area contributed by atoms with Crippen LogP contribution in [0.4, 0.5) is 11.4 Å². The molecule has 0 fully saturated rings. The summed E-state index contributed by atoms with van der Waals surface area (Å²) < 4.78 is 1.89. The summed E-state index contributed by atoms with van der Waals surface area (Å²) in [6.45, 7) is 4.08. The third-order valence-electron chi connectivity index (χ3n) is 4.27. The molecule has 3 aromatic rings. The third kappa shape index (κ3) is 5.40. The second-order valence-electron chi connectivity index (χ2n) is 6.90. The number of halogens is 1. The van der Waals surface area contributed by atoms with Crippen LogP contribution in [0.5, 0.6) is 0 Å². The molecule has 0 aliphatic carbocycles. The van der Waals surface area contributed by atoms with E-state index in [4.69, 9.17) is 11.6 Å². The average Bonchev–Trinajstić information content (AvgIpc) is 3.09. The predicted molar refractivity (Wildman–Crippen MR) is 120 cm³/mol. The molecular formula is C21H22ClN5O2S. The highest BCUT2D eigenvalue weighted by Gasteiger charge is 2.16. The summed E-state index contributed by atoms with van der Waals surface area (Å²) in [5.74, 6) is 0.701. The van der Waals surface area contributed by atoms with E-state index in [-0.39, 0.29) is 23.5 Å². The first-order chi connectivity index (χ1) is 14.3. The number of para-hydroxylation sites is 1.